The lowest BCUT2D eigenvalue weighted by Gasteiger charge is -2.45. The fraction of sp³-hybridized carbons (Fsp3) is 0.514. The summed E-state index contributed by atoms with van der Waals surface area (Å²) in [5, 5.41) is 11.8. The van der Waals surface area contributed by atoms with Crippen molar-refractivity contribution < 1.29 is 47.7 Å². The van der Waals surface area contributed by atoms with Gasteiger partial charge in [0.1, 0.15) is 41.7 Å². The van der Waals surface area contributed by atoms with E-state index in [9.17, 15) is 5.11 Å². The van der Waals surface area contributed by atoms with E-state index in [1.165, 1.54) is 0 Å². The van der Waals surface area contributed by atoms with Crippen LogP contribution in [0.25, 0.3) is 0 Å². The van der Waals surface area contributed by atoms with Gasteiger partial charge in [-0.15, -0.1) is 0 Å². The first-order valence-corrected chi connectivity index (χ1v) is 16.1. The smallest absolute Gasteiger partial charge is 0.163 e. The Morgan fingerprint density at radius 3 is 1.62 bits per heavy atom. The molecular weight excluding hydrogens is 604 g/mol. The predicted molar refractivity (Wildman–Crippen MR) is 175 cm³/mol. The van der Waals surface area contributed by atoms with Crippen molar-refractivity contribution >= 4 is 0 Å². The Morgan fingerprint density at radius 2 is 1.15 bits per heavy atom. The van der Waals surface area contributed by atoms with E-state index in [2.05, 4.69) is 0 Å². The van der Waals surface area contributed by atoms with Crippen molar-refractivity contribution in [2.24, 2.45) is 0 Å². The SMILES string of the molecule is COc1ccc(COC[C@H]2O[C@@H](CC[C@@H]3COC(C)(C)O3)[C@H](O)[C@@H](OCc3ccc(OC)cc3)[C@@H]2OCc2ccc(OC)cc2)cc1. The number of hydrogen-bond acceptors (Lipinski definition) is 10. The van der Waals surface area contributed by atoms with Crippen molar-refractivity contribution in [3.05, 3.63) is 89.5 Å². The van der Waals surface area contributed by atoms with Crippen molar-refractivity contribution in [2.45, 2.75) is 88.9 Å². The fourth-order valence-corrected chi connectivity index (χ4v) is 5.87. The van der Waals surface area contributed by atoms with Crippen molar-refractivity contribution in [3.8, 4) is 17.2 Å². The summed E-state index contributed by atoms with van der Waals surface area (Å²) in [4.78, 5) is 0. The van der Waals surface area contributed by atoms with Crippen molar-refractivity contribution in [1.29, 1.82) is 0 Å². The Kier molecular flexibility index (Phi) is 12.5. The quantitative estimate of drug-likeness (QED) is 0.215. The van der Waals surface area contributed by atoms with Crippen LogP contribution < -0.4 is 14.2 Å². The van der Waals surface area contributed by atoms with Gasteiger partial charge in [-0.05, 0) is 79.8 Å². The Morgan fingerprint density at radius 1 is 0.660 bits per heavy atom. The number of aliphatic hydroxyl groups is 1. The van der Waals surface area contributed by atoms with Gasteiger partial charge in [-0.3, -0.25) is 0 Å². The number of ether oxygens (including phenoxy) is 9. The van der Waals surface area contributed by atoms with Crippen LogP contribution >= 0.6 is 0 Å². The fourth-order valence-electron chi connectivity index (χ4n) is 5.87. The maximum absolute atomic E-state index is 11.8. The summed E-state index contributed by atoms with van der Waals surface area (Å²) in [6.07, 6.45) is -2.20. The first-order valence-electron chi connectivity index (χ1n) is 16.1. The molecular formula is C37H48O10. The maximum atomic E-state index is 11.8. The van der Waals surface area contributed by atoms with Crippen LogP contribution in [-0.2, 0) is 48.2 Å². The van der Waals surface area contributed by atoms with Gasteiger partial charge in [0.2, 0.25) is 0 Å². The Labute approximate surface area is 277 Å². The topological polar surface area (TPSA) is 103 Å². The number of hydrogen-bond donors (Lipinski definition) is 1. The molecule has 2 fully saturated rings. The molecule has 1 N–H and O–H groups in total. The van der Waals surface area contributed by atoms with Crippen LogP contribution in [0.2, 0.25) is 0 Å². The Balaban J connectivity index is 1.34. The van der Waals surface area contributed by atoms with Gasteiger partial charge in [0.25, 0.3) is 0 Å². The van der Waals surface area contributed by atoms with Gasteiger partial charge >= 0.3 is 0 Å². The summed E-state index contributed by atoms with van der Waals surface area (Å²) >= 11 is 0. The highest BCUT2D eigenvalue weighted by Crippen LogP contribution is 2.33. The highest BCUT2D eigenvalue weighted by molar-refractivity contribution is 5.28. The minimum absolute atomic E-state index is 0.0896. The van der Waals surface area contributed by atoms with Crippen LogP contribution in [0.5, 0.6) is 17.2 Å². The molecule has 0 bridgehead atoms. The van der Waals surface area contributed by atoms with Crippen molar-refractivity contribution in [2.75, 3.05) is 34.5 Å². The molecule has 0 saturated carbocycles. The molecule has 10 heteroatoms. The maximum Gasteiger partial charge on any atom is 0.163 e. The van der Waals surface area contributed by atoms with E-state index in [-0.39, 0.29) is 25.9 Å². The third-order valence-corrected chi connectivity index (χ3v) is 8.51. The van der Waals surface area contributed by atoms with Crippen LogP contribution in [-0.4, -0.2) is 82.1 Å². The zero-order chi connectivity index (χ0) is 33.2. The summed E-state index contributed by atoms with van der Waals surface area (Å²) in [5.41, 5.74) is 2.90. The van der Waals surface area contributed by atoms with Crippen LogP contribution in [0.15, 0.2) is 72.8 Å². The number of benzene rings is 3. The van der Waals surface area contributed by atoms with Crippen molar-refractivity contribution in [3.63, 3.8) is 0 Å². The number of methoxy groups -OCH3 is 3. The molecule has 47 heavy (non-hydrogen) atoms. The number of rotatable bonds is 16. The molecule has 0 spiro atoms. The average molecular weight is 653 g/mol. The molecule has 256 valence electrons. The van der Waals surface area contributed by atoms with E-state index in [1.807, 2.05) is 86.6 Å². The molecule has 0 aromatic heterocycles. The second kappa shape index (κ2) is 16.7. The third-order valence-electron chi connectivity index (χ3n) is 8.51. The zero-order valence-electron chi connectivity index (χ0n) is 28.0. The van der Waals surface area contributed by atoms with E-state index in [1.54, 1.807) is 21.3 Å². The molecule has 0 aliphatic carbocycles. The molecule has 2 aliphatic rings. The van der Waals surface area contributed by atoms with Gasteiger partial charge in [0.05, 0.1) is 66.6 Å². The summed E-state index contributed by atoms with van der Waals surface area (Å²) in [5.74, 6) is 1.68. The average Bonchev–Trinajstić information content (AvgIpc) is 3.45. The van der Waals surface area contributed by atoms with Crippen LogP contribution in [0, 0.1) is 0 Å². The number of aliphatic hydroxyl groups excluding tert-OH is 1. The molecule has 0 amide bonds. The molecule has 5 rings (SSSR count). The Bertz CT molecular complexity index is 1350. The third kappa shape index (κ3) is 9.90. The van der Waals surface area contributed by atoms with Gasteiger partial charge in [0.15, 0.2) is 5.79 Å². The van der Waals surface area contributed by atoms with E-state index in [0.29, 0.717) is 26.1 Å². The minimum atomic E-state index is -0.956. The minimum Gasteiger partial charge on any atom is -0.497 e. The molecule has 3 aromatic rings. The lowest BCUT2D eigenvalue weighted by molar-refractivity contribution is -0.262. The molecule has 2 aliphatic heterocycles. The van der Waals surface area contributed by atoms with Gasteiger partial charge < -0.3 is 47.7 Å². The highest BCUT2D eigenvalue weighted by Gasteiger charge is 2.47. The standard InChI is InChI=1S/C37H48O10/c1-37(2)45-23-31(47-37)18-19-32-34(38)36(44-22-27-10-16-30(41-5)17-11-27)35(43-21-26-8-14-29(40-4)15-9-26)33(46-32)24-42-20-25-6-12-28(39-3)13-7-25/h6-17,31-36,38H,18-24H2,1-5H3/t31-,32+,33-,34+,35-,36-/m1/s1. The van der Waals surface area contributed by atoms with E-state index in [0.717, 1.165) is 33.9 Å². The first-order chi connectivity index (χ1) is 22.8. The predicted octanol–water partition coefficient (Wildman–Crippen LogP) is 5.46. The van der Waals surface area contributed by atoms with Crippen molar-refractivity contribution in [1.82, 2.24) is 0 Å². The summed E-state index contributed by atoms with van der Waals surface area (Å²) in [6.45, 7) is 5.48. The molecule has 3 aromatic carbocycles. The molecule has 2 heterocycles. The molecule has 0 unspecified atom stereocenters. The molecule has 6 atom stereocenters. The van der Waals surface area contributed by atoms with Crippen LogP contribution in [0.3, 0.4) is 0 Å². The van der Waals surface area contributed by atoms with Crippen LogP contribution in [0.4, 0.5) is 0 Å². The summed E-state index contributed by atoms with van der Waals surface area (Å²) in [7, 11) is 4.91. The largest absolute Gasteiger partial charge is 0.497 e. The normalized spacial score (nSPS) is 25.4. The monoisotopic (exact) mass is 652 g/mol. The summed E-state index contributed by atoms with van der Waals surface area (Å²) < 4.78 is 53.6. The van der Waals surface area contributed by atoms with Gasteiger partial charge in [-0.25, -0.2) is 0 Å². The molecule has 0 radical (unpaired) electrons. The van der Waals surface area contributed by atoms with E-state index >= 15 is 0 Å². The summed E-state index contributed by atoms with van der Waals surface area (Å²) in [6, 6.07) is 23.1. The molecule has 10 nitrogen and oxygen atoms in total. The lowest BCUT2D eigenvalue weighted by atomic mass is 9.91. The highest BCUT2D eigenvalue weighted by atomic mass is 16.7. The van der Waals surface area contributed by atoms with E-state index < -0.39 is 36.3 Å². The van der Waals surface area contributed by atoms with Gasteiger partial charge in [-0.2, -0.15) is 0 Å². The Hall–Kier alpha value is -3.22. The second-order valence-corrected chi connectivity index (χ2v) is 12.3. The zero-order valence-corrected chi connectivity index (χ0v) is 28.0. The van der Waals surface area contributed by atoms with Gasteiger partial charge in [0, 0.05) is 0 Å². The molecule has 2 saturated heterocycles. The van der Waals surface area contributed by atoms with E-state index in [4.69, 9.17) is 42.6 Å². The first kappa shape index (κ1) is 35.1. The van der Waals surface area contributed by atoms with Crippen LogP contribution in [0.1, 0.15) is 43.4 Å². The lowest BCUT2D eigenvalue weighted by Crippen LogP contribution is -2.60. The second-order valence-electron chi connectivity index (χ2n) is 12.3. The van der Waals surface area contributed by atoms with Gasteiger partial charge in [-0.1, -0.05) is 36.4 Å².